The lowest BCUT2D eigenvalue weighted by Gasteiger charge is -2.42. The third-order valence-electron chi connectivity index (χ3n) is 3.98. The number of benzene rings is 1. The first-order chi connectivity index (χ1) is 8.69. The van der Waals surface area contributed by atoms with Crippen LogP contribution in [0.15, 0.2) is 24.3 Å². The van der Waals surface area contributed by atoms with Gasteiger partial charge >= 0.3 is 0 Å². The molecule has 2 rings (SSSR count). The molecule has 18 heavy (non-hydrogen) atoms. The van der Waals surface area contributed by atoms with Crippen molar-refractivity contribution in [3.8, 4) is 0 Å². The lowest BCUT2D eigenvalue weighted by Crippen LogP contribution is -2.48. The van der Waals surface area contributed by atoms with Gasteiger partial charge in [0, 0.05) is 18.2 Å². The smallest absolute Gasteiger partial charge is 0.0694 e. The molecule has 0 aliphatic heterocycles. The van der Waals surface area contributed by atoms with E-state index in [4.69, 9.17) is 22.2 Å². The van der Waals surface area contributed by atoms with E-state index < -0.39 is 0 Å². The molecule has 1 aromatic carbocycles. The Kier molecular flexibility index (Phi) is 4.62. The van der Waals surface area contributed by atoms with Crippen molar-refractivity contribution in [2.75, 3.05) is 7.11 Å². The Bertz CT molecular complexity index is 388. The number of nitrogens with two attached hydrogens (primary N) is 1. The molecular weight excluding hydrogens is 248 g/mol. The van der Waals surface area contributed by atoms with Crippen LogP contribution in [0.3, 0.4) is 0 Å². The van der Waals surface area contributed by atoms with Gasteiger partial charge in [0.1, 0.15) is 0 Å². The van der Waals surface area contributed by atoms with Crippen LogP contribution < -0.4 is 11.3 Å². The van der Waals surface area contributed by atoms with E-state index in [1.54, 1.807) is 7.11 Å². The third-order valence-corrected chi connectivity index (χ3v) is 4.34. The van der Waals surface area contributed by atoms with Crippen molar-refractivity contribution in [1.82, 2.24) is 5.43 Å². The highest BCUT2D eigenvalue weighted by atomic mass is 35.5. The number of hydrazine groups is 1. The summed E-state index contributed by atoms with van der Waals surface area (Å²) in [6.45, 7) is 0. The van der Waals surface area contributed by atoms with Crippen LogP contribution in [-0.4, -0.2) is 18.8 Å². The Labute approximate surface area is 114 Å². The van der Waals surface area contributed by atoms with Crippen LogP contribution in [0.1, 0.15) is 31.2 Å². The Morgan fingerprint density at radius 2 is 2.17 bits per heavy atom. The van der Waals surface area contributed by atoms with Crippen LogP contribution in [0.4, 0.5) is 0 Å². The van der Waals surface area contributed by atoms with Gasteiger partial charge < -0.3 is 4.74 Å². The molecule has 1 saturated carbocycles. The maximum atomic E-state index is 6.18. The van der Waals surface area contributed by atoms with Crippen LogP contribution in [0.2, 0.25) is 5.02 Å². The van der Waals surface area contributed by atoms with E-state index in [2.05, 4.69) is 5.43 Å². The molecule has 0 bridgehead atoms. The average Bonchev–Trinajstić information content (AvgIpc) is 2.35. The van der Waals surface area contributed by atoms with Gasteiger partial charge in [-0.2, -0.15) is 0 Å². The van der Waals surface area contributed by atoms with E-state index in [-0.39, 0.29) is 11.6 Å². The van der Waals surface area contributed by atoms with E-state index >= 15 is 0 Å². The van der Waals surface area contributed by atoms with E-state index in [1.165, 1.54) is 6.42 Å². The molecule has 0 aromatic heterocycles. The molecule has 1 unspecified atom stereocenters. The van der Waals surface area contributed by atoms with Crippen molar-refractivity contribution in [2.24, 2.45) is 5.84 Å². The first kappa shape index (κ1) is 13.8. The van der Waals surface area contributed by atoms with Crippen molar-refractivity contribution in [3.05, 3.63) is 34.9 Å². The van der Waals surface area contributed by atoms with Gasteiger partial charge in [0.05, 0.1) is 5.60 Å². The number of hydrogen-bond donors (Lipinski definition) is 2. The van der Waals surface area contributed by atoms with E-state index in [0.717, 1.165) is 36.3 Å². The molecular formula is C14H21ClN2O. The Morgan fingerprint density at radius 1 is 1.44 bits per heavy atom. The largest absolute Gasteiger partial charge is 0.378 e. The fourth-order valence-electron chi connectivity index (χ4n) is 2.63. The highest BCUT2D eigenvalue weighted by Crippen LogP contribution is 2.39. The van der Waals surface area contributed by atoms with Crippen LogP contribution in [0.5, 0.6) is 0 Å². The quantitative estimate of drug-likeness (QED) is 0.616. The van der Waals surface area contributed by atoms with Gasteiger partial charge in [-0.3, -0.25) is 11.3 Å². The van der Waals surface area contributed by atoms with Gasteiger partial charge in [0.2, 0.25) is 0 Å². The summed E-state index contributed by atoms with van der Waals surface area (Å²) in [6, 6.07) is 8.11. The molecule has 3 N–H and O–H groups in total. The summed E-state index contributed by atoms with van der Waals surface area (Å²) >= 11 is 6.18. The molecule has 1 aliphatic carbocycles. The van der Waals surface area contributed by atoms with Crippen molar-refractivity contribution in [1.29, 1.82) is 0 Å². The fraction of sp³-hybridized carbons (Fsp3) is 0.571. The monoisotopic (exact) mass is 268 g/mol. The lowest BCUT2D eigenvalue weighted by atomic mass is 9.75. The van der Waals surface area contributed by atoms with Gasteiger partial charge in [-0.15, -0.1) is 0 Å². The van der Waals surface area contributed by atoms with Crippen LogP contribution >= 0.6 is 11.6 Å². The summed E-state index contributed by atoms with van der Waals surface area (Å²) in [7, 11) is 1.79. The van der Waals surface area contributed by atoms with Crippen molar-refractivity contribution in [2.45, 2.75) is 43.7 Å². The van der Waals surface area contributed by atoms with Crippen LogP contribution in [0, 0.1) is 0 Å². The minimum Gasteiger partial charge on any atom is -0.378 e. The highest BCUT2D eigenvalue weighted by molar-refractivity contribution is 6.31. The normalized spacial score (nSPS) is 19.3. The zero-order chi connectivity index (χ0) is 13.0. The predicted molar refractivity (Wildman–Crippen MR) is 74.5 cm³/mol. The van der Waals surface area contributed by atoms with Crippen molar-refractivity contribution < 1.29 is 4.74 Å². The second-order valence-electron chi connectivity index (χ2n) is 5.10. The number of rotatable bonds is 6. The van der Waals surface area contributed by atoms with Gasteiger partial charge in [-0.1, -0.05) is 29.8 Å². The molecule has 0 heterocycles. The summed E-state index contributed by atoms with van der Waals surface area (Å²) in [5.74, 6) is 5.66. The number of ether oxygens (including phenoxy) is 1. The van der Waals surface area contributed by atoms with Crippen LogP contribution in [0.25, 0.3) is 0 Å². The standard InChI is InChI=1S/C14H21ClN2O/c1-18-14(7-4-8-14)10-12(17-16)9-11-5-2-3-6-13(11)15/h2-3,5-6,12,17H,4,7-10,16H2,1H3. The Balaban J connectivity index is 1.99. The molecule has 0 radical (unpaired) electrons. The number of hydrogen-bond acceptors (Lipinski definition) is 3. The SMILES string of the molecule is COC1(CC(Cc2ccccc2Cl)NN)CCC1. The van der Waals surface area contributed by atoms with Crippen molar-refractivity contribution in [3.63, 3.8) is 0 Å². The Morgan fingerprint density at radius 3 is 2.67 bits per heavy atom. The van der Waals surface area contributed by atoms with Crippen LogP contribution in [-0.2, 0) is 11.2 Å². The zero-order valence-corrected chi connectivity index (χ0v) is 11.5. The fourth-order valence-corrected chi connectivity index (χ4v) is 2.84. The van der Waals surface area contributed by atoms with Gasteiger partial charge in [0.15, 0.2) is 0 Å². The average molecular weight is 269 g/mol. The van der Waals surface area contributed by atoms with Gasteiger partial charge in [-0.25, -0.2) is 0 Å². The maximum absolute atomic E-state index is 6.18. The molecule has 0 amide bonds. The Hall–Kier alpha value is -0.610. The number of methoxy groups -OCH3 is 1. The first-order valence-electron chi connectivity index (χ1n) is 6.44. The second kappa shape index (κ2) is 6.02. The maximum Gasteiger partial charge on any atom is 0.0694 e. The summed E-state index contributed by atoms with van der Waals surface area (Å²) in [5.41, 5.74) is 4.06. The second-order valence-corrected chi connectivity index (χ2v) is 5.51. The van der Waals surface area contributed by atoms with E-state index in [0.29, 0.717) is 0 Å². The molecule has 4 heteroatoms. The molecule has 100 valence electrons. The van der Waals surface area contributed by atoms with Gasteiger partial charge in [0.25, 0.3) is 0 Å². The summed E-state index contributed by atoms with van der Waals surface area (Å²) in [6.07, 6.45) is 5.28. The molecule has 1 aliphatic rings. The van der Waals surface area contributed by atoms with Crippen molar-refractivity contribution >= 4 is 11.6 Å². The number of halogens is 1. The molecule has 1 aromatic rings. The first-order valence-corrected chi connectivity index (χ1v) is 6.81. The molecule has 1 atom stereocenters. The van der Waals surface area contributed by atoms with E-state index in [1.807, 2.05) is 24.3 Å². The van der Waals surface area contributed by atoms with Gasteiger partial charge in [-0.05, 0) is 43.7 Å². The zero-order valence-electron chi connectivity index (χ0n) is 10.8. The topological polar surface area (TPSA) is 47.3 Å². The summed E-state index contributed by atoms with van der Waals surface area (Å²) < 4.78 is 5.65. The number of nitrogens with one attached hydrogen (secondary N) is 1. The summed E-state index contributed by atoms with van der Waals surface area (Å²) in [5, 5.41) is 0.804. The summed E-state index contributed by atoms with van der Waals surface area (Å²) in [4.78, 5) is 0. The van der Waals surface area contributed by atoms with E-state index in [9.17, 15) is 0 Å². The highest BCUT2D eigenvalue weighted by Gasteiger charge is 2.38. The minimum absolute atomic E-state index is 0.0261. The molecule has 1 fully saturated rings. The minimum atomic E-state index is 0.0261. The molecule has 0 spiro atoms. The molecule has 0 saturated heterocycles. The molecule has 3 nitrogen and oxygen atoms in total. The lowest BCUT2D eigenvalue weighted by molar-refractivity contribution is -0.0834. The predicted octanol–water partition coefficient (Wildman–Crippen LogP) is 2.67. The third kappa shape index (κ3) is 3.04.